The summed E-state index contributed by atoms with van der Waals surface area (Å²) >= 11 is 0. The Morgan fingerprint density at radius 2 is 1.51 bits per heavy atom. The highest BCUT2D eigenvalue weighted by Gasteiger charge is 2.45. The molecule has 0 fully saturated rings. The maximum Gasteiger partial charge on any atom is 0.461 e. The van der Waals surface area contributed by atoms with Gasteiger partial charge in [-0.2, -0.15) is 30.7 Å². The van der Waals surface area contributed by atoms with Gasteiger partial charge in [-0.25, -0.2) is 13.2 Å². The molecule has 0 radical (unpaired) electrons. The first-order valence-electron chi connectivity index (χ1n) is 14.9. The first-order valence-corrected chi connectivity index (χ1v) is 14.9. The number of amides is 1. The Hall–Kier alpha value is -4.59. The minimum Gasteiger partial charge on any atom is -0.428 e. The first kappa shape index (κ1) is 37.2. The molecule has 1 amide bonds. The number of ether oxygens (including phenoxy) is 1. The Labute approximate surface area is 275 Å². The van der Waals surface area contributed by atoms with Crippen molar-refractivity contribution in [3.63, 3.8) is 0 Å². The Bertz CT molecular complexity index is 1750. The summed E-state index contributed by atoms with van der Waals surface area (Å²) in [5, 5.41) is 5.61. The van der Waals surface area contributed by atoms with Crippen LogP contribution in [-0.4, -0.2) is 25.0 Å². The summed E-state index contributed by atoms with van der Waals surface area (Å²) < 4.78 is 143. The number of alkyl halides is 7. The minimum absolute atomic E-state index is 0.00807. The van der Waals surface area contributed by atoms with Gasteiger partial charge in [-0.15, -0.1) is 0 Å². The molecule has 0 heterocycles. The maximum absolute atomic E-state index is 15.2. The summed E-state index contributed by atoms with van der Waals surface area (Å²) in [6.45, 7) is 2.41. The fourth-order valence-electron chi connectivity index (χ4n) is 5.18. The van der Waals surface area contributed by atoms with Crippen molar-refractivity contribution in [1.29, 1.82) is 0 Å². The van der Waals surface area contributed by atoms with Crippen LogP contribution in [0, 0.1) is 17.5 Å². The molecule has 0 aliphatic heterocycles. The fourth-order valence-corrected chi connectivity index (χ4v) is 5.18. The fraction of sp³-hybridized carbons (Fsp3) is 0.286. The van der Waals surface area contributed by atoms with Gasteiger partial charge >= 0.3 is 18.7 Å². The molecule has 0 saturated heterocycles. The monoisotopic (exact) mass is 700 g/mol. The van der Waals surface area contributed by atoms with Crippen molar-refractivity contribution >= 4 is 5.91 Å². The van der Waals surface area contributed by atoms with Crippen LogP contribution in [0.2, 0.25) is 0 Å². The molecule has 4 aromatic rings. The van der Waals surface area contributed by atoms with Crippen LogP contribution < -0.4 is 15.4 Å². The summed E-state index contributed by atoms with van der Waals surface area (Å²) in [5.74, 6) is -5.95. The van der Waals surface area contributed by atoms with Crippen molar-refractivity contribution in [1.82, 2.24) is 10.6 Å². The highest BCUT2D eigenvalue weighted by molar-refractivity contribution is 5.95. The Morgan fingerprint density at radius 3 is 2.16 bits per heavy atom. The number of unbranched alkanes of at least 4 members (excludes halogenated alkanes) is 1. The van der Waals surface area contributed by atoms with Gasteiger partial charge in [0.2, 0.25) is 0 Å². The van der Waals surface area contributed by atoms with Crippen LogP contribution in [0.4, 0.5) is 43.9 Å². The third-order valence-electron chi connectivity index (χ3n) is 7.61. The molecular formula is C35H30F10N2O2. The molecule has 4 nitrogen and oxygen atoms in total. The van der Waals surface area contributed by atoms with Crippen molar-refractivity contribution < 1.29 is 53.4 Å². The SMILES string of the molecule is CCCCNCc1cc(C(Cc2ccccc2)(NC(=O)c2ccc(F)c(C(F)(F)F)c2)c2cc(F)cc(OC(F)(F)C(F)F)c2)ccc1F. The van der Waals surface area contributed by atoms with Gasteiger partial charge in [0, 0.05) is 30.2 Å². The Morgan fingerprint density at radius 1 is 0.816 bits per heavy atom. The topological polar surface area (TPSA) is 50.4 Å². The van der Waals surface area contributed by atoms with Crippen LogP contribution in [0.3, 0.4) is 0 Å². The lowest BCUT2D eigenvalue weighted by atomic mass is 9.77. The predicted molar refractivity (Wildman–Crippen MR) is 161 cm³/mol. The van der Waals surface area contributed by atoms with E-state index in [4.69, 9.17) is 0 Å². The van der Waals surface area contributed by atoms with Crippen molar-refractivity contribution in [2.24, 2.45) is 0 Å². The number of nitrogens with one attached hydrogen (secondary N) is 2. The molecule has 0 spiro atoms. The average Bonchev–Trinajstić information content (AvgIpc) is 3.03. The van der Waals surface area contributed by atoms with E-state index in [9.17, 15) is 39.9 Å². The second-order valence-corrected chi connectivity index (χ2v) is 11.2. The molecule has 0 saturated carbocycles. The molecule has 262 valence electrons. The Kier molecular flexibility index (Phi) is 11.6. The van der Waals surface area contributed by atoms with Crippen LogP contribution in [-0.2, 0) is 24.7 Å². The van der Waals surface area contributed by atoms with Crippen molar-refractivity contribution in [3.8, 4) is 5.75 Å². The van der Waals surface area contributed by atoms with Gasteiger partial charge in [0.15, 0.2) is 0 Å². The van der Waals surface area contributed by atoms with Crippen LogP contribution >= 0.6 is 0 Å². The summed E-state index contributed by atoms with van der Waals surface area (Å²) in [4.78, 5) is 13.8. The molecule has 0 bridgehead atoms. The van der Waals surface area contributed by atoms with Crippen LogP contribution in [0.5, 0.6) is 5.75 Å². The third kappa shape index (κ3) is 9.11. The van der Waals surface area contributed by atoms with E-state index < -0.39 is 64.5 Å². The zero-order chi connectivity index (χ0) is 36.0. The minimum atomic E-state index is -5.19. The predicted octanol–water partition coefficient (Wildman–Crippen LogP) is 9.17. The van der Waals surface area contributed by atoms with E-state index >= 15 is 8.78 Å². The van der Waals surface area contributed by atoms with Gasteiger partial charge in [0.05, 0.1) is 11.1 Å². The van der Waals surface area contributed by atoms with Crippen LogP contribution in [0.1, 0.15) is 57.9 Å². The summed E-state index contributed by atoms with van der Waals surface area (Å²) in [6.07, 6.45) is -13.3. The highest BCUT2D eigenvalue weighted by Crippen LogP contribution is 2.39. The van der Waals surface area contributed by atoms with Crippen molar-refractivity contribution in [3.05, 3.63) is 136 Å². The largest absolute Gasteiger partial charge is 0.461 e. The van der Waals surface area contributed by atoms with Gasteiger partial charge in [0.25, 0.3) is 5.91 Å². The van der Waals surface area contributed by atoms with E-state index in [0.717, 1.165) is 37.1 Å². The second-order valence-electron chi connectivity index (χ2n) is 11.2. The quantitative estimate of drug-likeness (QED) is 0.102. The zero-order valence-corrected chi connectivity index (χ0v) is 25.8. The molecule has 4 rings (SSSR count). The van der Waals surface area contributed by atoms with E-state index in [1.807, 2.05) is 6.92 Å². The molecule has 1 atom stereocenters. The van der Waals surface area contributed by atoms with Gasteiger partial charge < -0.3 is 15.4 Å². The van der Waals surface area contributed by atoms with Gasteiger partial charge in [0.1, 0.15) is 23.2 Å². The van der Waals surface area contributed by atoms with E-state index in [-0.39, 0.29) is 35.7 Å². The van der Waals surface area contributed by atoms with E-state index in [2.05, 4.69) is 15.4 Å². The average molecular weight is 701 g/mol. The van der Waals surface area contributed by atoms with Crippen molar-refractivity contribution in [2.45, 2.75) is 57.0 Å². The molecule has 2 N–H and O–H groups in total. The molecule has 1 unspecified atom stereocenters. The number of benzene rings is 4. The smallest absolute Gasteiger partial charge is 0.428 e. The second kappa shape index (κ2) is 15.3. The Balaban J connectivity index is 1.98. The summed E-state index contributed by atoms with van der Waals surface area (Å²) in [5.41, 5.74) is -4.46. The van der Waals surface area contributed by atoms with E-state index in [0.29, 0.717) is 24.2 Å². The maximum atomic E-state index is 15.2. The number of hydrogen-bond acceptors (Lipinski definition) is 3. The first-order chi connectivity index (χ1) is 23.1. The van der Waals surface area contributed by atoms with Crippen LogP contribution in [0.15, 0.2) is 84.9 Å². The van der Waals surface area contributed by atoms with Crippen molar-refractivity contribution in [2.75, 3.05) is 6.54 Å². The molecule has 0 aromatic heterocycles. The van der Waals surface area contributed by atoms with E-state index in [1.54, 1.807) is 30.3 Å². The highest BCUT2D eigenvalue weighted by atomic mass is 19.4. The zero-order valence-electron chi connectivity index (χ0n) is 25.8. The molecule has 0 aliphatic rings. The normalized spacial score (nSPS) is 13.3. The van der Waals surface area contributed by atoms with E-state index in [1.165, 1.54) is 12.1 Å². The summed E-state index contributed by atoms with van der Waals surface area (Å²) in [6, 6.07) is 14.9. The van der Waals surface area contributed by atoms with Crippen LogP contribution in [0.25, 0.3) is 0 Å². The lowest BCUT2D eigenvalue weighted by Gasteiger charge is -2.37. The van der Waals surface area contributed by atoms with Gasteiger partial charge in [-0.3, -0.25) is 4.79 Å². The standard InChI is InChI=1S/C35H30F10N2O2/c1-2-3-13-46-20-23-14-24(10-12-29(23)37)33(19-21-7-5-4-6-8-21,25-16-26(36)18-27(17-25)49-35(44,45)32(39)40)47-31(48)22-9-11-30(38)28(15-22)34(41,42)43/h4-12,14-18,32,46H,2-3,13,19-20H2,1H3,(H,47,48). The number of rotatable bonds is 14. The number of halogens is 10. The molecule has 0 aliphatic carbocycles. The molecule has 4 aromatic carbocycles. The molecule has 49 heavy (non-hydrogen) atoms. The lowest BCUT2D eigenvalue weighted by Crippen LogP contribution is -2.49. The lowest BCUT2D eigenvalue weighted by molar-refractivity contribution is -0.253. The number of carbonyl (C=O) groups excluding carboxylic acids is 1. The molecular weight excluding hydrogens is 670 g/mol. The molecule has 14 heteroatoms. The summed E-state index contributed by atoms with van der Waals surface area (Å²) in [7, 11) is 0. The third-order valence-corrected chi connectivity index (χ3v) is 7.61. The number of carbonyl (C=O) groups is 1. The van der Waals surface area contributed by atoms with Gasteiger partial charge in [-0.05, 0) is 72.1 Å². The van der Waals surface area contributed by atoms with Gasteiger partial charge in [-0.1, -0.05) is 49.7 Å². The number of hydrogen-bond donors (Lipinski definition) is 2.